The second-order valence-electron chi connectivity index (χ2n) is 6.18. The minimum Gasteiger partial charge on any atom is -0.484 e. The fourth-order valence-corrected chi connectivity index (χ4v) is 2.66. The fraction of sp³-hybridized carbons (Fsp3) is 0.471. The summed E-state index contributed by atoms with van der Waals surface area (Å²) in [6.45, 7) is -1.32. The van der Waals surface area contributed by atoms with Crippen LogP contribution < -0.4 is 14.8 Å². The molecule has 1 aromatic carbocycles. The minimum absolute atomic E-state index is 0.0706. The van der Waals surface area contributed by atoms with Crippen LogP contribution in [0.15, 0.2) is 22.6 Å². The number of hydrogen-bond donors (Lipinski definition) is 1. The Kier molecular flexibility index (Phi) is 8.37. The highest BCUT2D eigenvalue weighted by atomic mass is 35.5. The van der Waals surface area contributed by atoms with E-state index in [1.54, 1.807) is 12.1 Å². The number of nitrogens with one attached hydrogen (secondary N) is 1. The second-order valence-corrected chi connectivity index (χ2v) is 6.99. The first kappa shape index (κ1) is 24.3. The number of ether oxygens (including phenoxy) is 5. The van der Waals surface area contributed by atoms with Crippen molar-refractivity contribution in [1.82, 2.24) is 15.5 Å². The van der Waals surface area contributed by atoms with Crippen LogP contribution in [-0.4, -0.2) is 61.5 Å². The Morgan fingerprint density at radius 2 is 1.88 bits per heavy atom. The first-order valence-corrected chi connectivity index (χ1v) is 9.72. The summed E-state index contributed by atoms with van der Waals surface area (Å²) >= 11 is 11.7. The van der Waals surface area contributed by atoms with Crippen LogP contribution in [0.25, 0.3) is 0 Å². The summed E-state index contributed by atoms with van der Waals surface area (Å²) in [4.78, 5) is 12.0. The highest BCUT2D eigenvalue weighted by Gasteiger charge is 2.30. The molecule has 1 fully saturated rings. The molecule has 0 bridgehead atoms. The van der Waals surface area contributed by atoms with Crippen molar-refractivity contribution in [2.75, 3.05) is 33.0 Å². The maximum absolute atomic E-state index is 12.0. The Balaban J connectivity index is 1.36. The van der Waals surface area contributed by atoms with Gasteiger partial charge < -0.3 is 28.7 Å². The van der Waals surface area contributed by atoms with E-state index in [-0.39, 0.29) is 31.8 Å². The zero-order valence-electron chi connectivity index (χ0n) is 16.1. The van der Waals surface area contributed by atoms with Crippen LogP contribution in [0.4, 0.5) is 13.2 Å². The van der Waals surface area contributed by atoms with Gasteiger partial charge >= 0.3 is 12.4 Å². The Bertz CT molecular complexity index is 908. The fourth-order valence-electron chi connectivity index (χ4n) is 2.37. The summed E-state index contributed by atoms with van der Waals surface area (Å²) in [5, 5.41) is 10.5. The molecule has 0 aliphatic carbocycles. The van der Waals surface area contributed by atoms with Gasteiger partial charge in [0.05, 0.1) is 35.9 Å². The number of carbonyl (C=O) groups excluding carboxylic acids is 1. The topological polar surface area (TPSA) is 114 Å². The molecule has 32 heavy (non-hydrogen) atoms. The van der Waals surface area contributed by atoms with Crippen molar-refractivity contribution in [3.63, 3.8) is 0 Å². The van der Waals surface area contributed by atoms with E-state index in [1.807, 2.05) is 0 Å². The maximum Gasteiger partial charge on any atom is 0.522 e. The smallest absolute Gasteiger partial charge is 0.484 e. The van der Waals surface area contributed by atoms with Gasteiger partial charge in [0.2, 0.25) is 6.29 Å². The molecule has 0 unspecified atom stereocenters. The van der Waals surface area contributed by atoms with Gasteiger partial charge in [0.25, 0.3) is 11.8 Å². The van der Waals surface area contributed by atoms with Gasteiger partial charge in [-0.25, -0.2) is 0 Å². The SMILES string of the molecule is O=C(COc1ccc(Cl)c(Cl)c1)NC1COC(c2nnc(OCCOC(F)(F)F)o2)OC1. The second kappa shape index (κ2) is 11.0. The quantitative estimate of drug-likeness (QED) is 0.517. The zero-order chi connectivity index (χ0) is 23.1. The molecule has 1 aliphatic rings. The highest BCUT2D eigenvalue weighted by molar-refractivity contribution is 6.42. The van der Waals surface area contributed by atoms with E-state index in [0.29, 0.717) is 15.8 Å². The van der Waals surface area contributed by atoms with Crippen molar-refractivity contribution in [1.29, 1.82) is 0 Å². The number of rotatable bonds is 9. The molecule has 0 radical (unpaired) electrons. The van der Waals surface area contributed by atoms with Gasteiger partial charge in [-0.15, -0.1) is 18.3 Å². The monoisotopic (exact) mass is 501 g/mol. The molecule has 176 valence electrons. The van der Waals surface area contributed by atoms with Crippen LogP contribution in [0.3, 0.4) is 0 Å². The third kappa shape index (κ3) is 7.67. The van der Waals surface area contributed by atoms with Crippen LogP contribution >= 0.6 is 23.2 Å². The van der Waals surface area contributed by atoms with Gasteiger partial charge in [-0.05, 0) is 12.1 Å². The molecular weight excluding hydrogens is 486 g/mol. The molecule has 1 N–H and O–H groups in total. The Labute approximate surface area is 188 Å². The number of benzene rings is 1. The summed E-state index contributed by atoms with van der Waals surface area (Å²) in [5.74, 6) is -0.129. The van der Waals surface area contributed by atoms with Crippen molar-refractivity contribution in [3.8, 4) is 11.8 Å². The lowest BCUT2D eigenvalue weighted by atomic mass is 10.3. The van der Waals surface area contributed by atoms with Crippen LogP contribution in [0.2, 0.25) is 10.0 Å². The van der Waals surface area contributed by atoms with Crippen LogP contribution in [0.1, 0.15) is 12.2 Å². The Morgan fingerprint density at radius 3 is 2.56 bits per heavy atom. The standard InChI is InChI=1S/C17H16Cl2F3N3O7/c18-11-2-1-10(5-12(11)19)28-8-13(26)23-9-6-29-15(30-7-9)14-24-25-16(32-14)27-3-4-31-17(20,21)22/h1-2,5,9,15H,3-4,6-8H2,(H,23,26). The minimum atomic E-state index is -4.76. The lowest BCUT2D eigenvalue weighted by Crippen LogP contribution is -2.46. The van der Waals surface area contributed by atoms with Gasteiger partial charge in [0, 0.05) is 6.07 Å². The first-order valence-electron chi connectivity index (χ1n) is 8.97. The number of alkyl halides is 3. The van der Waals surface area contributed by atoms with Crippen molar-refractivity contribution in [2.45, 2.75) is 18.7 Å². The molecule has 15 heteroatoms. The van der Waals surface area contributed by atoms with Crippen LogP contribution in [0, 0.1) is 0 Å². The molecular formula is C17H16Cl2F3N3O7. The number of amides is 1. The van der Waals surface area contributed by atoms with Gasteiger partial charge in [-0.1, -0.05) is 28.3 Å². The van der Waals surface area contributed by atoms with E-state index in [2.05, 4.69) is 20.3 Å². The number of aromatic nitrogens is 2. The maximum atomic E-state index is 12.0. The molecule has 1 aliphatic heterocycles. The molecule has 3 rings (SSSR count). The van der Waals surface area contributed by atoms with Crippen LogP contribution in [-0.2, 0) is 19.0 Å². The average Bonchev–Trinajstić information content (AvgIpc) is 3.21. The number of halogens is 5. The van der Waals surface area contributed by atoms with E-state index >= 15 is 0 Å². The van der Waals surface area contributed by atoms with Crippen molar-refractivity contribution in [2.24, 2.45) is 0 Å². The number of hydrogen-bond acceptors (Lipinski definition) is 9. The van der Waals surface area contributed by atoms with Gasteiger partial charge in [0.1, 0.15) is 12.4 Å². The molecule has 1 amide bonds. The van der Waals surface area contributed by atoms with Crippen molar-refractivity contribution < 1.29 is 46.1 Å². The van der Waals surface area contributed by atoms with E-state index in [0.717, 1.165) is 0 Å². The molecule has 10 nitrogen and oxygen atoms in total. The Morgan fingerprint density at radius 1 is 1.12 bits per heavy atom. The van der Waals surface area contributed by atoms with Gasteiger partial charge in [0.15, 0.2) is 6.61 Å². The molecule has 1 saturated heterocycles. The van der Waals surface area contributed by atoms with E-state index in [9.17, 15) is 18.0 Å². The summed E-state index contributed by atoms with van der Waals surface area (Å²) in [6, 6.07) is 4.14. The summed E-state index contributed by atoms with van der Waals surface area (Å²) < 4.78 is 65.4. The first-order chi connectivity index (χ1) is 15.2. The molecule has 2 aromatic rings. The van der Waals surface area contributed by atoms with E-state index in [1.165, 1.54) is 6.07 Å². The van der Waals surface area contributed by atoms with E-state index < -0.39 is 37.8 Å². The molecule has 2 heterocycles. The normalized spacial score (nSPS) is 18.9. The molecule has 1 aromatic heterocycles. The number of carbonyl (C=O) groups is 1. The number of nitrogens with zero attached hydrogens (tertiary/aromatic N) is 2. The largest absolute Gasteiger partial charge is 0.522 e. The van der Waals surface area contributed by atoms with Gasteiger partial charge in [-0.2, -0.15) is 0 Å². The van der Waals surface area contributed by atoms with E-state index in [4.69, 9.17) is 46.6 Å². The molecule has 0 spiro atoms. The predicted molar refractivity (Wildman–Crippen MR) is 100 cm³/mol. The average molecular weight is 502 g/mol. The van der Waals surface area contributed by atoms with Crippen molar-refractivity contribution in [3.05, 3.63) is 34.1 Å². The van der Waals surface area contributed by atoms with Crippen molar-refractivity contribution >= 4 is 29.1 Å². The zero-order valence-corrected chi connectivity index (χ0v) is 17.6. The van der Waals surface area contributed by atoms with Gasteiger partial charge in [-0.3, -0.25) is 9.53 Å². The summed E-state index contributed by atoms with van der Waals surface area (Å²) in [6.07, 6.45) is -6.14. The third-order valence-electron chi connectivity index (χ3n) is 3.72. The molecule has 0 atom stereocenters. The predicted octanol–water partition coefficient (Wildman–Crippen LogP) is 2.90. The summed E-state index contributed by atoms with van der Waals surface area (Å²) in [5.41, 5.74) is 0. The third-order valence-corrected chi connectivity index (χ3v) is 4.46. The molecule has 0 saturated carbocycles. The summed E-state index contributed by atoms with van der Waals surface area (Å²) in [7, 11) is 0. The highest BCUT2D eigenvalue weighted by Crippen LogP contribution is 2.26. The Hall–Kier alpha value is -2.32. The lowest BCUT2D eigenvalue weighted by Gasteiger charge is -2.27. The van der Waals surface area contributed by atoms with Crippen LogP contribution in [0.5, 0.6) is 11.8 Å². The lowest BCUT2D eigenvalue weighted by molar-refractivity contribution is -0.325.